The van der Waals surface area contributed by atoms with Gasteiger partial charge in [0.2, 0.25) is 11.8 Å². The molecule has 2 aromatic rings. The number of fused-ring (bicyclic) bond motifs is 2. The number of hydrogen-bond acceptors (Lipinski definition) is 3. The largest absolute Gasteiger partial charge is 0.444 e. The summed E-state index contributed by atoms with van der Waals surface area (Å²) in [6.45, 7) is 4.53. The van der Waals surface area contributed by atoms with Crippen LogP contribution in [0.15, 0.2) is 42.5 Å². The molecule has 4 heterocycles. The van der Waals surface area contributed by atoms with Crippen LogP contribution in [0.4, 0.5) is 8.78 Å². The van der Waals surface area contributed by atoms with Crippen LogP contribution in [0.2, 0.25) is 0 Å². The summed E-state index contributed by atoms with van der Waals surface area (Å²) in [5, 5.41) is 3.51. The normalized spacial score (nSPS) is 33.1. The minimum absolute atomic E-state index is 0.0331. The van der Waals surface area contributed by atoms with Crippen molar-refractivity contribution in [2.24, 2.45) is 11.8 Å². The van der Waals surface area contributed by atoms with Gasteiger partial charge in [0, 0.05) is 56.9 Å². The molecule has 2 N–H and O–H groups in total. The van der Waals surface area contributed by atoms with Crippen LogP contribution in [0.5, 0.6) is 5.88 Å². The van der Waals surface area contributed by atoms with Crippen LogP contribution in [0, 0.1) is 18.8 Å². The molecule has 1 aromatic heterocycles. The number of aromatic nitrogens is 1. The molecule has 1 amide bonds. The van der Waals surface area contributed by atoms with E-state index in [9.17, 15) is 13.6 Å². The standard InChI is InChI=1S/C30H37F2N3O2/c1-20-9-10-24-27(34-20)37-15-13-29(24)19-33-18-25(29)28(36)35-14-11-22(21-6-3-2-4-7-21)16-26(35)23-8-5-12-30(31,32)17-23/h2-4,6-7,9-10,22-23,25-26,33H,5,8,11-19H2,1H3/p+1/t22-,23?,25+,26+,29+/m1/s1. The number of carbonyl (C=O) groups excluding carboxylic acids is 1. The van der Waals surface area contributed by atoms with Gasteiger partial charge in [-0.15, -0.1) is 0 Å². The monoisotopic (exact) mass is 510 g/mol. The highest BCUT2D eigenvalue weighted by Gasteiger charge is 2.55. The number of pyridine rings is 1. The maximum atomic E-state index is 14.6. The number of aromatic amines is 1. The smallest absolute Gasteiger partial charge is 0.370 e. The van der Waals surface area contributed by atoms with Crippen LogP contribution in [-0.4, -0.2) is 49.0 Å². The minimum atomic E-state index is -2.64. The van der Waals surface area contributed by atoms with E-state index in [1.807, 2.05) is 36.1 Å². The van der Waals surface area contributed by atoms with Crippen LogP contribution < -0.4 is 15.0 Å². The molecule has 1 spiro atoms. The van der Waals surface area contributed by atoms with E-state index in [1.54, 1.807) is 0 Å². The Bertz CT molecular complexity index is 1140. The summed E-state index contributed by atoms with van der Waals surface area (Å²) in [5.41, 5.74) is 3.00. The third-order valence-electron chi connectivity index (χ3n) is 9.56. The molecule has 6 rings (SSSR count). The molecule has 0 radical (unpaired) electrons. The Balaban J connectivity index is 1.32. The molecule has 4 aliphatic rings. The number of halogens is 2. The van der Waals surface area contributed by atoms with Gasteiger partial charge in [-0.2, -0.15) is 4.98 Å². The average Bonchev–Trinajstić information content (AvgIpc) is 3.31. The Morgan fingerprint density at radius 1 is 1.14 bits per heavy atom. The van der Waals surface area contributed by atoms with Crippen molar-refractivity contribution in [1.82, 2.24) is 10.2 Å². The number of rotatable bonds is 3. The van der Waals surface area contributed by atoms with Crippen molar-refractivity contribution in [3.05, 3.63) is 59.3 Å². The number of piperidine rings is 1. The summed E-state index contributed by atoms with van der Waals surface area (Å²) in [4.78, 5) is 19.8. The first-order valence-corrected chi connectivity index (χ1v) is 14.0. The fraction of sp³-hybridized carbons (Fsp3) is 0.600. The number of ether oxygens (including phenoxy) is 1. The Kier molecular flexibility index (Phi) is 6.46. The molecular formula is C30H38F2N3O2+. The highest BCUT2D eigenvalue weighted by atomic mass is 19.3. The number of alkyl halides is 2. The third-order valence-corrected chi connectivity index (χ3v) is 9.56. The zero-order chi connectivity index (χ0) is 25.6. The summed E-state index contributed by atoms with van der Waals surface area (Å²) >= 11 is 0. The van der Waals surface area contributed by atoms with Crippen LogP contribution in [0.3, 0.4) is 0 Å². The molecule has 0 bridgehead atoms. The number of nitrogens with one attached hydrogen (secondary N) is 2. The van der Waals surface area contributed by atoms with Gasteiger partial charge in [-0.05, 0) is 55.6 Å². The van der Waals surface area contributed by atoms with Crippen molar-refractivity contribution in [2.45, 2.75) is 75.2 Å². The van der Waals surface area contributed by atoms with Crippen LogP contribution >= 0.6 is 0 Å². The van der Waals surface area contributed by atoms with E-state index in [2.05, 4.69) is 28.5 Å². The van der Waals surface area contributed by atoms with E-state index in [1.165, 1.54) is 5.56 Å². The van der Waals surface area contributed by atoms with Crippen molar-refractivity contribution in [3.63, 3.8) is 0 Å². The number of hydrogen-bond donors (Lipinski definition) is 1. The molecule has 3 aliphatic heterocycles. The molecule has 1 aromatic carbocycles. The fourth-order valence-corrected chi connectivity index (χ4v) is 7.66. The van der Waals surface area contributed by atoms with Crippen LogP contribution in [-0.2, 0) is 10.2 Å². The Morgan fingerprint density at radius 2 is 1.97 bits per heavy atom. The molecule has 1 saturated carbocycles. The number of amides is 1. The molecule has 198 valence electrons. The zero-order valence-electron chi connectivity index (χ0n) is 21.6. The van der Waals surface area contributed by atoms with Crippen LogP contribution in [0.25, 0.3) is 0 Å². The second-order valence-electron chi connectivity index (χ2n) is 11.8. The number of H-pyrrole nitrogens is 1. The molecule has 1 aliphatic carbocycles. The minimum Gasteiger partial charge on any atom is -0.444 e. The summed E-state index contributed by atoms with van der Waals surface area (Å²) in [6.07, 6.45) is 3.56. The van der Waals surface area contributed by atoms with Gasteiger partial charge in [0.15, 0.2) is 5.69 Å². The topological polar surface area (TPSA) is 55.7 Å². The van der Waals surface area contributed by atoms with Gasteiger partial charge in [-0.25, -0.2) is 8.78 Å². The average molecular weight is 511 g/mol. The predicted molar refractivity (Wildman–Crippen MR) is 137 cm³/mol. The lowest BCUT2D eigenvalue weighted by atomic mass is 9.68. The molecule has 5 nitrogen and oxygen atoms in total. The molecule has 5 atom stereocenters. The Morgan fingerprint density at radius 3 is 2.78 bits per heavy atom. The van der Waals surface area contributed by atoms with E-state index < -0.39 is 5.92 Å². The van der Waals surface area contributed by atoms with Crippen LogP contribution in [0.1, 0.15) is 67.7 Å². The van der Waals surface area contributed by atoms with Crippen molar-refractivity contribution >= 4 is 5.91 Å². The number of benzene rings is 1. The number of carbonyl (C=O) groups is 1. The Labute approximate surface area is 218 Å². The van der Waals surface area contributed by atoms with Crippen molar-refractivity contribution in [3.8, 4) is 5.88 Å². The quantitative estimate of drug-likeness (QED) is 0.654. The fourth-order valence-electron chi connectivity index (χ4n) is 7.66. The van der Waals surface area contributed by atoms with E-state index >= 15 is 0 Å². The lowest BCUT2D eigenvalue weighted by Gasteiger charge is -2.48. The molecular weight excluding hydrogens is 472 g/mol. The van der Waals surface area contributed by atoms with Gasteiger partial charge in [0.1, 0.15) is 0 Å². The van der Waals surface area contributed by atoms with E-state index in [-0.39, 0.29) is 42.0 Å². The maximum absolute atomic E-state index is 14.6. The summed E-state index contributed by atoms with van der Waals surface area (Å²) in [6, 6.07) is 14.4. The molecule has 37 heavy (non-hydrogen) atoms. The van der Waals surface area contributed by atoms with E-state index in [0.29, 0.717) is 32.0 Å². The molecule has 1 unspecified atom stereocenters. The SMILES string of the molecule is Cc1ccc2c([nH+]1)OCC[C@]21CNC[C@H]1C(=O)N1CC[C@@H](c2ccccc2)C[C@H]1C1CCCC(F)(F)C1. The van der Waals surface area contributed by atoms with Gasteiger partial charge in [-0.1, -0.05) is 30.3 Å². The summed E-state index contributed by atoms with van der Waals surface area (Å²) in [5.74, 6) is -1.85. The first-order chi connectivity index (χ1) is 17.9. The molecule has 3 fully saturated rings. The highest BCUT2D eigenvalue weighted by Crippen LogP contribution is 2.48. The third kappa shape index (κ3) is 4.53. The summed E-state index contributed by atoms with van der Waals surface area (Å²) < 4.78 is 35.2. The lowest BCUT2D eigenvalue weighted by molar-refractivity contribution is -0.406. The van der Waals surface area contributed by atoms with E-state index in [4.69, 9.17) is 4.74 Å². The van der Waals surface area contributed by atoms with Gasteiger partial charge < -0.3 is 15.0 Å². The Hall–Kier alpha value is -2.54. The maximum Gasteiger partial charge on any atom is 0.370 e. The van der Waals surface area contributed by atoms with Gasteiger partial charge in [-0.3, -0.25) is 4.79 Å². The second-order valence-corrected chi connectivity index (χ2v) is 11.8. The summed E-state index contributed by atoms with van der Waals surface area (Å²) in [7, 11) is 0. The highest BCUT2D eigenvalue weighted by molar-refractivity contribution is 5.82. The van der Waals surface area contributed by atoms with Crippen molar-refractivity contribution < 1.29 is 23.3 Å². The molecule has 2 saturated heterocycles. The van der Waals surface area contributed by atoms with Crippen molar-refractivity contribution in [2.75, 3.05) is 26.2 Å². The number of likely N-dealkylation sites (tertiary alicyclic amines) is 1. The lowest BCUT2D eigenvalue weighted by Crippen LogP contribution is -2.56. The van der Waals surface area contributed by atoms with Gasteiger partial charge in [0.25, 0.3) is 0 Å². The van der Waals surface area contributed by atoms with Crippen molar-refractivity contribution in [1.29, 1.82) is 0 Å². The van der Waals surface area contributed by atoms with E-state index in [0.717, 1.165) is 49.4 Å². The number of nitrogens with zero attached hydrogens (tertiary/aromatic N) is 1. The van der Waals surface area contributed by atoms with Gasteiger partial charge in [0.05, 0.1) is 18.1 Å². The predicted octanol–water partition coefficient (Wildman–Crippen LogP) is 4.65. The van der Waals surface area contributed by atoms with Gasteiger partial charge >= 0.3 is 5.88 Å². The zero-order valence-corrected chi connectivity index (χ0v) is 21.6. The molecule has 7 heteroatoms. The number of aryl methyl sites for hydroxylation is 1. The first-order valence-electron chi connectivity index (χ1n) is 14.0. The first kappa shape index (κ1) is 24.8. The second kappa shape index (κ2) is 9.64.